The van der Waals surface area contributed by atoms with Gasteiger partial charge in [-0.15, -0.1) is 0 Å². The van der Waals surface area contributed by atoms with Crippen LogP contribution in [0.3, 0.4) is 0 Å². The number of carboxylic acids is 1. The van der Waals surface area contributed by atoms with Gasteiger partial charge in [-0.2, -0.15) is 0 Å². The van der Waals surface area contributed by atoms with E-state index in [9.17, 15) is 9.90 Å². The highest BCUT2D eigenvalue weighted by Crippen LogP contribution is 2.31. The van der Waals surface area contributed by atoms with Crippen LogP contribution in [-0.2, 0) is 6.54 Å². The van der Waals surface area contributed by atoms with Gasteiger partial charge in [-0.1, -0.05) is 36.4 Å². The molecule has 4 rings (SSSR count). The van der Waals surface area contributed by atoms with Gasteiger partial charge in [-0.25, -0.2) is 4.79 Å². The predicted octanol–water partition coefficient (Wildman–Crippen LogP) is 3.92. The Hall–Kier alpha value is -2.72. The maximum atomic E-state index is 11.5. The molecule has 0 radical (unpaired) electrons. The minimum Gasteiger partial charge on any atom is -0.478 e. The molecule has 0 amide bonds. The third-order valence-corrected chi connectivity index (χ3v) is 5.04. The summed E-state index contributed by atoms with van der Waals surface area (Å²) in [6, 6.07) is 17.7. The molecule has 0 saturated carbocycles. The van der Waals surface area contributed by atoms with Crippen molar-refractivity contribution in [3.63, 3.8) is 0 Å². The topological polar surface area (TPSA) is 53.4 Å². The number of carboxylic acid groups (broad SMARTS) is 1. The minimum absolute atomic E-state index is 0.278. The number of benzene rings is 2. The van der Waals surface area contributed by atoms with Crippen molar-refractivity contribution in [3.05, 3.63) is 77.5 Å². The van der Waals surface area contributed by atoms with Gasteiger partial charge in [-0.3, -0.25) is 9.88 Å². The van der Waals surface area contributed by atoms with Crippen LogP contribution in [0.5, 0.6) is 0 Å². The van der Waals surface area contributed by atoms with Gasteiger partial charge in [0.15, 0.2) is 0 Å². The van der Waals surface area contributed by atoms with Gasteiger partial charge in [0.2, 0.25) is 0 Å². The third-order valence-electron chi connectivity index (χ3n) is 5.04. The molecule has 0 unspecified atom stereocenters. The van der Waals surface area contributed by atoms with Crippen LogP contribution in [0.2, 0.25) is 0 Å². The summed E-state index contributed by atoms with van der Waals surface area (Å²) in [5, 5.41) is 10.6. The molecule has 1 aliphatic heterocycles. The number of pyridine rings is 1. The van der Waals surface area contributed by atoms with Crippen molar-refractivity contribution in [1.29, 1.82) is 0 Å². The zero-order chi connectivity index (χ0) is 17.2. The number of fused-ring (bicyclic) bond motifs is 1. The molecule has 4 nitrogen and oxygen atoms in total. The standard InChI is InChI=1S/C21H20N2O2/c24-21(25)19-7-2-1-5-17(19)16-10-12-23(14-16)13-15-9-11-22-20-8-4-3-6-18(15)20/h1-9,11,16H,10,12-14H2,(H,24,25)/t16-/m0/s1. The molecule has 0 aliphatic carbocycles. The van der Waals surface area contributed by atoms with E-state index in [-0.39, 0.29) is 5.92 Å². The van der Waals surface area contributed by atoms with Gasteiger partial charge < -0.3 is 5.11 Å². The van der Waals surface area contributed by atoms with Crippen molar-refractivity contribution in [2.75, 3.05) is 13.1 Å². The number of aromatic nitrogens is 1. The van der Waals surface area contributed by atoms with E-state index in [1.165, 1.54) is 10.9 Å². The first-order chi connectivity index (χ1) is 12.2. The zero-order valence-electron chi connectivity index (χ0n) is 13.9. The number of hydrogen-bond donors (Lipinski definition) is 1. The molecule has 3 aromatic rings. The molecule has 4 heteroatoms. The van der Waals surface area contributed by atoms with Crippen LogP contribution in [0, 0.1) is 0 Å². The number of carbonyl (C=O) groups is 1. The number of aromatic carboxylic acids is 1. The Morgan fingerprint density at radius 1 is 1.12 bits per heavy atom. The van der Waals surface area contributed by atoms with E-state index in [1.807, 2.05) is 36.5 Å². The molecule has 1 atom stereocenters. The fourth-order valence-electron chi connectivity index (χ4n) is 3.81. The zero-order valence-corrected chi connectivity index (χ0v) is 13.9. The highest BCUT2D eigenvalue weighted by Gasteiger charge is 2.27. The first kappa shape index (κ1) is 15.8. The second-order valence-corrected chi connectivity index (χ2v) is 6.60. The van der Waals surface area contributed by atoms with Crippen LogP contribution in [0.1, 0.15) is 33.8 Å². The second kappa shape index (κ2) is 6.65. The van der Waals surface area contributed by atoms with Gasteiger partial charge >= 0.3 is 5.97 Å². The maximum Gasteiger partial charge on any atom is 0.335 e. The molecule has 2 aromatic carbocycles. The average Bonchev–Trinajstić information content (AvgIpc) is 3.10. The molecule has 25 heavy (non-hydrogen) atoms. The number of nitrogens with zero attached hydrogens (tertiary/aromatic N) is 2. The van der Waals surface area contributed by atoms with E-state index in [0.29, 0.717) is 5.56 Å². The molecule has 1 aliphatic rings. The maximum absolute atomic E-state index is 11.5. The summed E-state index contributed by atoms with van der Waals surface area (Å²) in [5.74, 6) is -0.561. The fraction of sp³-hybridized carbons (Fsp3) is 0.238. The first-order valence-electron chi connectivity index (χ1n) is 8.59. The summed E-state index contributed by atoms with van der Waals surface area (Å²) in [6.07, 6.45) is 2.86. The largest absolute Gasteiger partial charge is 0.478 e. The Kier molecular flexibility index (Phi) is 4.20. The van der Waals surface area contributed by atoms with E-state index in [2.05, 4.69) is 22.0 Å². The summed E-state index contributed by atoms with van der Waals surface area (Å²) in [7, 11) is 0. The van der Waals surface area contributed by atoms with Crippen molar-refractivity contribution in [1.82, 2.24) is 9.88 Å². The van der Waals surface area contributed by atoms with Gasteiger partial charge in [-0.05, 0) is 48.2 Å². The Balaban J connectivity index is 1.54. The van der Waals surface area contributed by atoms with E-state index in [0.717, 1.165) is 37.1 Å². The number of para-hydroxylation sites is 1. The molecule has 0 spiro atoms. The minimum atomic E-state index is -0.839. The lowest BCUT2D eigenvalue weighted by atomic mass is 9.93. The SMILES string of the molecule is O=C(O)c1ccccc1[C@H]1CCN(Cc2ccnc3ccccc23)C1. The Morgan fingerprint density at radius 3 is 2.80 bits per heavy atom. The van der Waals surface area contributed by atoms with E-state index >= 15 is 0 Å². The van der Waals surface area contributed by atoms with Crippen LogP contribution >= 0.6 is 0 Å². The summed E-state index contributed by atoms with van der Waals surface area (Å²) in [4.78, 5) is 18.3. The Bertz CT molecular complexity index is 917. The highest BCUT2D eigenvalue weighted by molar-refractivity contribution is 5.89. The Labute approximate surface area is 146 Å². The summed E-state index contributed by atoms with van der Waals surface area (Å²) < 4.78 is 0. The third kappa shape index (κ3) is 3.13. The predicted molar refractivity (Wildman–Crippen MR) is 97.8 cm³/mol. The molecule has 2 heterocycles. The monoisotopic (exact) mass is 332 g/mol. The van der Waals surface area contributed by atoms with E-state index in [4.69, 9.17) is 0 Å². The molecule has 1 fully saturated rings. The summed E-state index contributed by atoms with van der Waals surface area (Å²) in [5.41, 5.74) is 3.69. The molecule has 1 aromatic heterocycles. The molecular weight excluding hydrogens is 312 g/mol. The average molecular weight is 332 g/mol. The highest BCUT2D eigenvalue weighted by atomic mass is 16.4. The molecular formula is C21H20N2O2. The molecule has 126 valence electrons. The molecule has 1 N–H and O–H groups in total. The number of rotatable bonds is 4. The van der Waals surface area contributed by atoms with E-state index < -0.39 is 5.97 Å². The summed E-state index contributed by atoms with van der Waals surface area (Å²) >= 11 is 0. The molecule has 0 bridgehead atoms. The lowest BCUT2D eigenvalue weighted by molar-refractivity contribution is 0.0695. The van der Waals surface area contributed by atoms with Crippen LogP contribution in [0.4, 0.5) is 0 Å². The smallest absolute Gasteiger partial charge is 0.335 e. The fourth-order valence-corrected chi connectivity index (χ4v) is 3.81. The van der Waals surface area contributed by atoms with Crippen molar-refractivity contribution in [3.8, 4) is 0 Å². The van der Waals surface area contributed by atoms with Crippen molar-refractivity contribution in [2.45, 2.75) is 18.9 Å². The quantitative estimate of drug-likeness (QED) is 0.787. The van der Waals surface area contributed by atoms with Crippen molar-refractivity contribution < 1.29 is 9.90 Å². The Morgan fingerprint density at radius 2 is 1.92 bits per heavy atom. The lowest BCUT2D eigenvalue weighted by Crippen LogP contribution is -2.20. The van der Waals surface area contributed by atoms with Crippen molar-refractivity contribution in [2.24, 2.45) is 0 Å². The van der Waals surface area contributed by atoms with E-state index in [1.54, 1.807) is 12.1 Å². The normalized spacial score (nSPS) is 17.8. The van der Waals surface area contributed by atoms with Gasteiger partial charge in [0.05, 0.1) is 11.1 Å². The van der Waals surface area contributed by atoms with Gasteiger partial charge in [0.25, 0.3) is 0 Å². The van der Waals surface area contributed by atoms with Crippen LogP contribution in [0.25, 0.3) is 10.9 Å². The summed E-state index contributed by atoms with van der Waals surface area (Å²) in [6.45, 7) is 2.74. The van der Waals surface area contributed by atoms with Crippen molar-refractivity contribution >= 4 is 16.9 Å². The van der Waals surface area contributed by atoms with Gasteiger partial charge in [0.1, 0.15) is 0 Å². The lowest BCUT2D eigenvalue weighted by Gasteiger charge is -2.18. The molecule has 1 saturated heterocycles. The van der Waals surface area contributed by atoms with Crippen LogP contribution in [0.15, 0.2) is 60.8 Å². The van der Waals surface area contributed by atoms with Crippen LogP contribution in [-0.4, -0.2) is 34.0 Å². The van der Waals surface area contributed by atoms with Gasteiger partial charge in [0, 0.05) is 24.7 Å². The first-order valence-corrected chi connectivity index (χ1v) is 8.59. The number of hydrogen-bond acceptors (Lipinski definition) is 3. The van der Waals surface area contributed by atoms with Crippen LogP contribution < -0.4 is 0 Å². The second-order valence-electron chi connectivity index (χ2n) is 6.60. The number of likely N-dealkylation sites (tertiary alicyclic amines) is 1.